The van der Waals surface area contributed by atoms with E-state index < -0.39 is 0 Å². The van der Waals surface area contributed by atoms with E-state index in [1.54, 1.807) is 6.07 Å². The number of aromatic nitrogens is 1. The van der Waals surface area contributed by atoms with E-state index in [1.807, 2.05) is 24.4 Å². The summed E-state index contributed by atoms with van der Waals surface area (Å²) in [5, 5.41) is 11.3. The number of hydrogen-bond donors (Lipinski definition) is 1. The number of phenols is 1. The molecule has 3 unspecified atom stereocenters. The molecule has 0 aliphatic carbocycles. The molecular formula is C26H31N3O. The third kappa shape index (κ3) is 3.59. The SMILES string of the molecule is CC1CN2CCN(Cc3cnc4ccccc4c3)CC2CC1(C)c1cccc(O)c1. The molecule has 3 atom stereocenters. The molecule has 3 aromatic rings. The van der Waals surface area contributed by atoms with Crippen molar-refractivity contribution in [3.63, 3.8) is 0 Å². The van der Waals surface area contributed by atoms with Gasteiger partial charge in [-0.05, 0) is 53.1 Å². The number of piperazine rings is 1. The molecule has 2 aliphatic heterocycles. The van der Waals surface area contributed by atoms with Crippen LogP contribution in [0.15, 0.2) is 60.8 Å². The Kier molecular flexibility index (Phi) is 5.00. The summed E-state index contributed by atoms with van der Waals surface area (Å²) in [4.78, 5) is 9.92. The van der Waals surface area contributed by atoms with Gasteiger partial charge in [0.15, 0.2) is 0 Å². The van der Waals surface area contributed by atoms with Gasteiger partial charge in [-0.1, -0.05) is 44.2 Å². The lowest BCUT2D eigenvalue weighted by molar-refractivity contribution is -0.00559. The van der Waals surface area contributed by atoms with Crippen LogP contribution in [0.3, 0.4) is 0 Å². The van der Waals surface area contributed by atoms with Crippen molar-refractivity contribution in [2.45, 2.75) is 38.3 Å². The first-order chi connectivity index (χ1) is 14.5. The van der Waals surface area contributed by atoms with E-state index in [1.165, 1.54) is 16.5 Å². The zero-order valence-corrected chi connectivity index (χ0v) is 18.0. The molecule has 0 spiro atoms. The van der Waals surface area contributed by atoms with Crippen molar-refractivity contribution in [1.82, 2.24) is 14.8 Å². The third-order valence-electron chi connectivity index (χ3n) is 7.50. The molecule has 3 heterocycles. The van der Waals surface area contributed by atoms with Gasteiger partial charge < -0.3 is 5.11 Å². The van der Waals surface area contributed by atoms with Crippen molar-refractivity contribution in [3.8, 4) is 5.75 Å². The minimum absolute atomic E-state index is 0.0907. The average molecular weight is 402 g/mol. The van der Waals surface area contributed by atoms with Gasteiger partial charge in [0.25, 0.3) is 0 Å². The summed E-state index contributed by atoms with van der Waals surface area (Å²) in [5.74, 6) is 0.934. The Morgan fingerprint density at radius 1 is 1.07 bits per heavy atom. The zero-order valence-electron chi connectivity index (χ0n) is 18.0. The average Bonchev–Trinajstić information content (AvgIpc) is 2.75. The number of rotatable bonds is 3. The second-order valence-electron chi connectivity index (χ2n) is 9.49. The highest BCUT2D eigenvalue weighted by atomic mass is 16.3. The second-order valence-corrected chi connectivity index (χ2v) is 9.49. The fourth-order valence-corrected chi connectivity index (χ4v) is 5.50. The van der Waals surface area contributed by atoms with Crippen LogP contribution < -0.4 is 0 Å². The number of aromatic hydroxyl groups is 1. The molecular weight excluding hydrogens is 370 g/mol. The predicted molar refractivity (Wildman–Crippen MR) is 122 cm³/mol. The molecule has 0 saturated carbocycles. The van der Waals surface area contributed by atoms with Crippen molar-refractivity contribution >= 4 is 10.9 Å². The maximum atomic E-state index is 10.0. The molecule has 0 amide bonds. The fourth-order valence-electron chi connectivity index (χ4n) is 5.50. The van der Waals surface area contributed by atoms with Gasteiger partial charge in [0.2, 0.25) is 0 Å². The molecule has 4 heteroatoms. The van der Waals surface area contributed by atoms with Crippen LogP contribution in [-0.2, 0) is 12.0 Å². The summed E-state index contributed by atoms with van der Waals surface area (Å²) in [6.45, 7) is 10.2. The Morgan fingerprint density at radius 2 is 1.93 bits per heavy atom. The Labute approximate surface area is 179 Å². The molecule has 5 rings (SSSR count). The van der Waals surface area contributed by atoms with Crippen LogP contribution in [0.5, 0.6) is 5.75 Å². The van der Waals surface area contributed by atoms with Gasteiger partial charge in [0.05, 0.1) is 5.52 Å². The molecule has 156 valence electrons. The number of phenolic OH excluding ortho intramolecular Hbond substituents is 1. The van der Waals surface area contributed by atoms with Gasteiger partial charge >= 0.3 is 0 Å². The van der Waals surface area contributed by atoms with Gasteiger partial charge in [-0.3, -0.25) is 14.8 Å². The van der Waals surface area contributed by atoms with Crippen molar-refractivity contribution < 1.29 is 5.11 Å². The number of nitrogens with zero attached hydrogens (tertiary/aromatic N) is 3. The molecule has 4 nitrogen and oxygen atoms in total. The minimum Gasteiger partial charge on any atom is -0.508 e. The largest absolute Gasteiger partial charge is 0.508 e. The normalized spacial score (nSPS) is 27.8. The van der Waals surface area contributed by atoms with Crippen LogP contribution in [0, 0.1) is 5.92 Å². The molecule has 2 aliphatic rings. The number of fused-ring (bicyclic) bond motifs is 2. The van der Waals surface area contributed by atoms with Crippen LogP contribution >= 0.6 is 0 Å². The van der Waals surface area contributed by atoms with Gasteiger partial charge in [-0.25, -0.2) is 0 Å². The Hall–Kier alpha value is -2.43. The number of piperidine rings is 1. The zero-order chi connectivity index (χ0) is 20.7. The summed E-state index contributed by atoms with van der Waals surface area (Å²) in [7, 11) is 0. The van der Waals surface area contributed by atoms with Gasteiger partial charge in [-0.2, -0.15) is 0 Å². The highest BCUT2D eigenvalue weighted by Gasteiger charge is 2.44. The first kappa shape index (κ1) is 19.5. The molecule has 0 radical (unpaired) electrons. The summed E-state index contributed by atoms with van der Waals surface area (Å²) >= 11 is 0. The summed E-state index contributed by atoms with van der Waals surface area (Å²) in [6.07, 6.45) is 3.17. The van der Waals surface area contributed by atoms with E-state index in [9.17, 15) is 5.11 Å². The molecule has 30 heavy (non-hydrogen) atoms. The van der Waals surface area contributed by atoms with E-state index >= 15 is 0 Å². The van der Waals surface area contributed by atoms with Crippen molar-refractivity contribution in [2.75, 3.05) is 26.2 Å². The second kappa shape index (κ2) is 7.68. The van der Waals surface area contributed by atoms with E-state index in [0.717, 1.165) is 44.7 Å². The number of pyridine rings is 1. The maximum absolute atomic E-state index is 10.0. The van der Waals surface area contributed by atoms with Crippen molar-refractivity contribution in [2.24, 2.45) is 5.92 Å². The Balaban J connectivity index is 1.33. The lowest BCUT2D eigenvalue weighted by Gasteiger charge is -2.53. The molecule has 2 fully saturated rings. The quantitative estimate of drug-likeness (QED) is 0.705. The van der Waals surface area contributed by atoms with E-state index in [-0.39, 0.29) is 5.41 Å². The predicted octanol–water partition coefficient (Wildman–Crippen LogP) is 4.42. The van der Waals surface area contributed by atoms with Crippen molar-refractivity contribution in [3.05, 3.63) is 71.9 Å². The van der Waals surface area contributed by atoms with Crippen molar-refractivity contribution in [1.29, 1.82) is 0 Å². The summed E-state index contributed by atoms with van der Waals surface area (Å²) in [5.41, 5.74) is 3.72. The smallest absolute Gasteiger partial charge is 0.115 e. The van der Waals surface area contributed by atoms with Crippen LogP contribution in [0.4, 0.5) is 0 Å². The van der Waals surface area contributed by atoms with Crippen LogP contribution in [0.1, 0.15) is 31.4 Å². The molecule has 1 aromatic heterocycles. The number of hydrogen-bond acceptors (Lipinski definition) is 4. The number of benzene rings is 2. The lowest BCUT2D eigenvalue weighted by Crippen LogP contribution is -2.60. The van der Waals surface area contributed by atoms with Gasteiger partial charge in [0, 0.05) is 50.3 Å². The first-order valence-electron chi connectivity index (χ1n) is 11.1. The standard InChI is InChI=1S/C26H31N3O/c1-19-16-29-11-10-28(17-20-12-21-6-3-4-9-25(21)27-15-20)18-23(29)14-26(19,2)22-7-5-8-24(30)13-22/h3-9,12-13,15,19,23,30H,10-11,14,16-18H2,1-2H3. The van der Waals surface area contributed by atoms with E-state index in [2.05, 4.69) is 59.0 Å². The minimum atomic E-state index is 0.0907. The summed E-state index contributed by atoms with van der Waals surface area (Å²) < 4.78 is 0. The Bertz CT molecular complexity index is 1050. The van der Waals surface area contributed by atoms with Gasteiger partial charge in [0.1, 0.15) is 5.75 Å². The molecule has 1 N–H and O–H groups in total. The lowest BCUT2D eigenvalue weighted by atomic mass is 9.65. The third-order valence-corrected chi connectivity index (χ3v) is 7.50. The fraction of sp³-hybridized carbons (Fsp3) is 0.423. The monoisotopic (exact) mass is 401 g/mol. The molecule has 0 bridgehead atoms. The van der Waals surface area contributed by atoms with E-state index in [0.29, 0.717) is 17.7 Å². The van der Waals surface area contributed by atoms with Crippen LogP contribution in [0.25, 0.3) is 10.9 Å². The molecule has 2 aromatic carbocycles. The molecule has 2 saturated heterocycles. The summed E-state index contributed by atoms with van der Waals surface area (Å²) in [6, 6.07) is 19.1. The number of para-hydroxylation sites is 1. The van der Waals surface area contributed by atoms with Crippen LogP contribution in [-0.4, -0.2) is 52.1 Å². The van der Waals surface area contributed by atoms with Gasteiger partial charge in [-0.15, -0.1) is 0 Å². The topological polar surface area (TPSA) is 39.6 Å². The van der Waals surface area contributed by atoms with Crippen LogP contribution in [0.2, 0.25) is 0 Å². The maximum Gasteiger partial charge on any atom is 0.115 e. The van der Waals surface area contributed by atoms with E-state index in [4.69, 9.17) is 0 Å². The highest BCUT2D eigenvalue weighted by Crippen LogP contribution is 2.43. The highest BCUT2D eigenvalue weighted by molar-refractivity contribution is 5.78. The Morgan fingerprint density at radius 3 is 2.80 bits per heavy atom. The first-order valence-corrected chi connectivity index (χ1v) is 11.1.